The summed E-state index contributed by atoms with van der Waals surface area (Å²) in [6.07, 6.45) is 1.92. The molecule has 0 saturated carbocycles. The van der Waals surface area contributed by atoms with E-state index in [1.807, 2.05) is 23.7 Å². The molecule has 0 N–H and O–H groups in total. The van der Waals surface area contributed by atoms with Crippen LogP contribution in [0.3, 0.4) is 0 Å². The van der Waals surface area contributed by atoms with Gasteiger partial charge < -0.3 is 14.0 Å². The number of rotatable bonds is 10. The topological polar surface area (TPSA) is 78.8 Å². The summed E-state index contributed by atoms with van der Waals surface area (Å²) in [5, 5.41) is 8.38. The van der Waals surface area contributed by atoms with Gasteiger partial charge in [0.25, 0.3) is 0 Å². The molecule has 1 fully saturated rings. The molecule has 42 heavy (non-hydrogen) atoms. The van der Waals surface area contributed by atoms with Crippen LogP contribution < -0.4 is 5.69 Å². The molecule has 4 aromatic rings. The molecule has 0 radical (unpaired) electrons. The highest BCUT2D eigenvalue weighted by atomic mass is 19.4. The highest BCUT2D eigenvalue weighted by Gasteiger charge is 2.35. The number of nitrogens with zero attached hydrogens (tertiary/aromatic N) is 6. The van der Waals surface area contributed by atoms with Crippen molar-refractivity contribution in [2.24, 2.45) is 18.9 Å². The van der Waals surface area contributed by atoms with Gasteiger partial charge in [-0.1, -0.05) is 19.1 Å². The first-order valence-electron chi connectivity index (χ1n) is 14.1. The third kappa shape index (κ3) is 6.16. The number of benzene rings is 1. The Morgan fingerprint density at radius 1 is 1.12 bits per heavy atom. The van der Waals surface area contributed by atoms with Gasteiger partial charge in [-0.3, -0.25) is 13.9 Å². The molecule has 9 nitrogen and oxygen atoms in total. The maximum atomic E-state index is 14.3. The van der Waals surface area contributed by atoms with Crippen molar-refractivity contribution in [3.8, 4) is 5.69 Å². The minimum Gasteiger partial charge on any atom is -0.384 e. The van der Waals surface area contributed by atoms with Crippen molar-refractivity contribution in [3.05, 3.63) is 82.1 Å². The number of likely N-dealkylation sites (tertiary alicyclic amines) is 1. The first kappa shape index (κ1) is 30.0. The number of aryl methyl sites for hydroxylation is 1. The Bertz CT molecular complexity index is 1570. The smallest absolute Gasteiger partial charge is 0.384 e. The summed E-state index contributed by atoms with van der Waals surface area (Å²) in [5.74, 6) is 0.712. The molecule has 0 amide bonds. The van der Waals surface area contributed by atoms with Gasteiger partial charge in [-0.2, -0.15) is 13.2 Å². The Kier molecular flexibility index (Phi) is 8.86. The zero-order valence-corrected chi connectivity index (χ0v) is 24.3. The van der Waals surface area contributed by atoms with Crippen molar-refractivity contribution >= 4 is 5.52 Å². The van der Waals surface area contributed by atoms with Gasteiger partial charge in [0.1, 0.15) is 12.2 Å². The fourth-order valence-corrected chi connectivity index (χ4v) is 6.17. The molecular weight excluding hydrogens is 549 g/mol. The molecule has 1 aliphatic heterocycles. The molecular formula is C30H37F3N6O3. The molecule has 1 aliphatic rings. The van der Waals surface area contributed by atoms with E-state index in [0.29, 0.717) is 42.8 Å². The molecule has 5 rings (SSSR count). The summed E-state index contributed by atoms with van der Waals surface area (Å²) in [5.41, 5.74) is 0.135. The number of aromatic nitrogens is 5. The molecule has 0 unspecified atom stereocenters. The highest BCUT2D eigenvalue weighted by Crippen LogP contribution is 2.35. The number of pyridine rings is 1. The third-order valence-corrected chi connectivity index (χ3v) is 8.04. The largest absolute Gasteiger partial charge is 0.418 e. The van der Waals surface area contributed by atoms with Gasteiger partial charge in [-0.25, -0.2) is 4.79 Å². The fourth-order valence-electron chi connectivity index (χ4n) is 6.17. The third-order valence-electron chi connectivity index (χ3n) is 8.04. The van der Waals surface area contributed by atoms with E-state index < -0.39 is 17.4 Å². The van der Waals surface area contributed by atoms with Crippen LogP contribution in [0.15, 0.2) is 53.8 Å². The lowest BCUT2D eigenvalue weighted by atomic mass is 9.85. The second-order valence-corrected chi connectivity index (χ2v) is 11.3. The predicted octanol–water partition coefficient (Wildman–Crippen LogP) is 4.51. The second kappa shape index (κ2) is 12.4. The van der Waals surface area contributed by atoms with E-state index in [0.717, 1.165) is 35.9 Å². The maximum Gasteiger partial charge on any atom is 0.418 e. The molecule has 12 heteroatoms. The van der Waals surface area contributed by atoms with Crippen LogP contribution in [0.5, 0.6) is 0 Å². The highest BCUT2D eigenvalue weighted by molar-refractivity contribution is 5.58. The van der Waals surface area contributed by atoms with Gasteiger partial charge in [0.2, 0.25) is 0 Å². The summed E-state index contributed by atoms with van der Waals surface area (Å²) in [6, 6.07) is 8.39. The fraction of sp³-hybridized carbons (Fsp3) is 0.500. The summed E-state index contributed by atoms with van der Waals surface area (Å²) in [4.78, 5) is 15.8. The number of imidazole rings is 1. The van der Waals surface area contributed by atoms with Crippen molar-refractivity contribution in [3.63, 3.8) is 0 Å². The van der Waals surface area contributed by atoms with E-state index in [9.17, 15) is 18.0 Å². The van der Waals surface area contributed by atoms with Gasteiger partial charge in [-0.15, -0.1) is 10.2 Å². The number of methoxy groups -OCH3 is 2. The van der Waals surface area contributed by atoms with Crippen LogP contribution in [0.2, 0.25) is 0 Å². The summed E-state index contributed by atoms with van der Waals surface area (Å²) >= 11 is 0. The Morgan fingerprint density at radius 2 is 1.88 bits per heavy atom. The molecule has 1 saturated heterocycles. The number of piperidine rings is 1. The lowest BCUT2D eigenvalue weighted by Gasteiger charge is -2.31. The quantitative estimate of drug-likeness (QED) is 0.272. The van der Waals surface area contributed by atoms with E-state index in [2.05, 4.69) is 22.0 Å². The average Bonchev–Trinajstić information content (AvgIpc) is 3.51. The van der Waals surface area contributed by atoms with Crippen LogP contribution in [-0.4, -0.2) is 69.2 Å². The van der Waals surface area contributed by atoms with E-state index in [1.54, 1.807) is 38.9 Å². The number of fused-ring (bicyclic) bond motifs is 1. The first-order valence-corrected chi connectivity index (χ1v) is 14.1. The molecule has 0 aliphatic carbocycles. The van der Waals surface area contributed by atoms with E-state index in [4.69, 9.17) is 9.47 Å². The number of ether oxygens (including phenoxy) is 2. The van der Waals surface area contributed by atoms with Crippen molar-refractivity contribution in [1.29, 1.82) is 0 Å². The summed E-state index contributed by atoms with van der Waals surface area (Å²) in [7, 11) is 5.06. The van der Waals surface area contributed by atoms with Crippen molar-refractivity contribution in [1.82, 2.24) is 28.6 Å². The minimum atomic E-state index is -4.62. The normalized spacial score (nSPS) is 17.4. The molecule has 0 spiro atoms. The van der Waals surface area contributed by atoms with E-state index in [-0.39, 0.29) is 17.4 Å². The Morgan fingerprint density at radius 3 is 2.52 bits per heavy atom. The lowest BCUT2D eigenvalue weighted by molar-refractivity contribution is -0.136. The van der Waals surface area contributed by atoms with Gasteiger partial charge in [0, 0.05) is 52.7 Å². The van der Waals surface area contributed by atoms with Gasteiger partial charge in [0.15, 0.2) is 0 Å². The van der Waals surface area contributed by atoms with Crippen LogP contribution in [0.4, 0.5) is 13.2 Å². The van der Waals surface area contributed by atoms with E-state index >= 15 is 0 Å². The minimum absolute atomic E-state index is 0.139. The molecule has 1 aromatic carbocycles. The van der Waals surface area contributed by atoms with Crippen molar-refractivity contribution in [2.75, 3.05) is 40.5 Å². The van der Waals surface area contributed by atoms with Crippen LogP contribution in [0, 0.1) is 11.8 Å². The zero-order valence-electron chi connectivity index (χ0n) is 24.3. The number of hydrogen-bond acceptors (Lipinski definition) is 6. The Balaban J connectivity index is 1.60. The van der Waals surface area contributed by atoms with Crippen molar-refractivity contribution in [2.45, 2.75) is 38.4 Å². The summed E-state index contributed by atoms with van der Waals surface area (Å²) in [6.45, 7) is 4.90. The monoisotopic (exact) mass is 586 g/mol. The standard InChI is InChI=1S/C30H37F3N6O3/c1-20-7-6-10-37(13-20)14-21-11-25(30(31,32)33)26-16-38(29(40)39(26)15-21)24-9-5-8-22(12-24)27(23(17-41-3)18-42-4)28-35-34-19-36(28)2/h5,8-9,11-12,15-16,19-20,23,27H,6-7,10,13-14,17-18H2,1-4H3/t20-,27-/m0/s1. The van der Waals surface area contributed by atoms with Crippen LogP contribution in [-0.2, 0) is 29.2 Å². The van der Waals surface area contributed by atoms with Crippen molar-refractivity contribution < 1.29 is 22.6 Å². The first-order chi connectivity index (χ1) is 20.1. The molecule has 0 bridgehead atoms. The lowest BCUT2D eigenvalue weighted by Crippen LogP contribution is -2.34. The summed E-state index contributed by atoms with van der Waals surface area (Å²) < 4.78 is 58.1. The molecule has 3 aromatic heterocycles. The Hall–Kier alpha value is -3.48. The van der Waals surface area contributed by atoms with Gasteiger partial charge in [0.05, 0.1) is 35.9 Å². The van der Waals surface area contributed by atoms with Gasteiger partial charge in [-0.05, 0) is 54.6 Å². The van der Waals surface area contributed by atoms with E-state index in [1.165, 1.54) is 16.8 Å². The molecule has 4 heterocycles. The number of halogens is 3. The SMILES string of the molecule is COCC(COC)[C@H](c1cccc(-n2cc3c(C(F)(F)F)cc(CN4CCC[C@H](C)C4)cn3c2=O)c1)c1nncn1C. The van der Waals surface area contributed by atoms with Crippen LogP contribution in [0.25, 0.3) is 11.2 Å². The van der Waals surface area contributed by atoms with Crippen LogP contribution in [0.1, 0.15) is 48.2 Å². The second-order valence-electron chi connectivity index (χ2n) is 11.3. The average molecular weight is 587 g/mol. The number of hydrogen-bond donors (Lipinski definition) is 0. The Labute approximate surface area is 242 Å². The molecule has 226 valence electrons. The maximum absolute atomic E-state index is 14.3. The van der Waals surface area contributed by atoms with Gasteiger partial charge >= 0.3 is 11.9 Å². The zero-order chi connectivity index (χ0) is 30.0. The van der Waals surface area contributed by atoms with Crippen LogP contribution >= 0.6 is 0 Å². The predicted molar refractivity (Wildman–Crippen MR) is 152 cm³/mol. The number of alkyl halides is 3. The molecule has 2 atom stereocenters.